The van der Waals surface area contributed by atoms with Gasteiger partial charge in [-0.2, -0.15) is 0 Å². The monoisotopic (exact) mass is 531 g/mol. The van der Waals surface area contributed by atoms with E-state index in [1.165, 1.54) is 0 Å². The van der Waals surface area contributed by atoms with Gasteiger partial charge >= 0.3 is 6.09 Å². The van der Waals surface area contributed by atoms with Crippen LogP contribution in [0, 0.1) is 0 Å². The third-order valence-corrected chi connectivity index (χ3v) is 4.33. The number of ether oxygens (including phenoxy) is 1. The predicted octanol–water partition coefficient (Wildman–Crippen LogP) is 2.75. The quantitative estimate of drug-likeness (QED) is 0.315. The van der Waals surface area contributed by atoms with E-state index in [1.54, 1.807) is 30.3 Å². The average Bonchev–Trinajstić information content (AvgIpc) is 3.35. The lowest BCUT2D eigenvalue weighted by atomic mass is 10.1. The van der Waals surface area contributed by atoms with Crippen LogP contribution in [0.5, 0.6) is 0 Å². The van der Waals surface area contributed by atoms with Crippen LogP contribution in [0.1, 0.15) is 39.4 Å². The number of rotatable bonds is 4. The molecule has 10 nitrogen and oxygen atoms in total. The second kappa shape index (κ2) is 10.6. The molecule has 1 aliphatic rings. The molecule has 1 fully saturated rings. The van der Waals surface area contributed by atoms with Crippen molar-refractivity contribution >= 4 is 36.0 Å². The zero-order chi connectivity index (χ0) is 20.9. The van der Waals surface area contributed by atoms with Crippen molar-refractivity contribution in [3.8, 4) is 11.6 Å². The van der Waals surface area contributed by atoms with Crippen LogP contribution in [0.3, 0.4) is 0 Å². The summed E-state index contributed by atoms with van der Waals surface area (Å²) in [5, 5.41) is 13.6. The van der Waals surface area contributed by atoms with Gasteiger partial charge in [-0.05, 0) is 45.7 Å². The standard InChI is InChI=1S/C19H29N7O3.HI/c1-19(2,3)29-18(27)26-9-5-7-13(12-26)22-17(20-4)21-11-15-23-16(25-24-15)14-8-6-10-28-14;/h6,8,10,13H,5,7,9,11-12H2,1-4H3,(H2,20,21,22)(H,23,24,25);1H. The number of piperidine rings is 1. The Morgan fingerprint density at radius 2 is 2.27 bits per heavy atom. The topological polar surface area (TPSA) is 121 Å². The molecule has 2 aromatic rings. The molecule has 11 heteroatoms. The Morgan fingerprint density at radius 1 is 1.47 bits per heavy atom. The first-order valence-electron chi connectivity index (χ1n) is 9.74. The lowest BCUT2D eigenvalue weighted by molar-refractivity contribution is 0.0193. The zero-order valence-electron chi connectivity index (χ0n) is 17.8. The molecule has 0 saturated carbocycles. The van der Waals surface area contributed by atoms with E-state index in [0.29, 0.717) is 43.0 Å². The molecule has 30 heavy (non-hydrogen) atoms. The molecule has 0 radical (unpaired) electrons. The number of carbonyl (C=O) groups is 1. The molecule has 2 aromatic heterocycles. The predicted molar refractivity (Wildman–Crippen MR) is 124 cm³/mol. The molecule has 1 aliphatic heterocycles. The van der Waals surface area contributed by atoms with Gasteiger partial charge in [-0.25, -0.2) is 9.78 Å². The maximum atomic E-state index is 12.3. The van der Waals surface area contributed by atoms with Crippen molar-refractivity contribution in [2.45, 2.75) is 51.8 Å². The van der Waals surface area contributed by atoms with Gasteiger partial charge in [0, 0.05) is 26.2 Å². The van der Waals surface area contributed by atoms with Crippen molar-refractivity contribution in [2.24, 2.45) is 4.99 Å². The number of furan rings is 1. The Kier molecular flexibility index (Phi) is 8.50. The first kappa shape index (κ1) is 24.0. The zero-order valence-corrected chi connectivity index (χ0v) is 20.1. The van der Waals surface area contributed by atoms with Crippen LogP contribution in [0.2, 0.25) is 0 Å². The largest absolute Gasteiger partial charge is 0.461 e. The number of likely N-dealkylation sites (tertiary alicyclic amines) is 1. The minimum absolute atomic E-state index is 0. The summed E-state index contributed by atoms with van der Waals surface area (Å²) in [6, 6.07) is 3.69. The Morgan fingerprint density at radius 3 is 2.93 bits per heavy atom. The van der Waals surface area contributed by atoms with E-state index in [0.717, 1.165) is 12.8 Å². The summed E-state index contributed by atoms with van der Waals surface area (Å²) in [7, 11) is 1.71. The second-order valence-corrected chi connectivity index (χ2v) is 7.92. The smallest absolute Gasteiger partial charge is 0.410 e. The molecule has 1 atom stereocenters. The van der Waals surface area contributed by atoms with E-state index in [-0.39, 0.29) is 36.1 Å². The van der Waals surface area contributed by atoms with Crippen LogP contribution in [-0.4, -0.2) is 63.9 Å². The molecular formula is C19H30IN7O3. The molecule has 0 aliphatic carbocycles. The molecule has 3 heterocycles. The first-order valence-corrected chi connectivity index (χ1v) is 9.74. The van der Waals surface area contributed by atoms with Crippen LogP contribution in [0.25, 0.3) is 11.6 Å². The SMILES string of the molecule is CN=C(NCc1nc(-c2ccco2)n[nH]1)NC1CCCN(C(=O)OC(C)(C)C)C1.I. The maximum Gasteiger partial charge on any atom is 0.410 e. The van der Waals surface area contributed by atoms with E-state index in [9.17, 15) is 4.79 Å². The fourth-order valence-electron chi connectivity index (χ4n) is 3.03. The van der Waals surface area contributed by atoms with Gasteiger partial charge in [0.1, 0.15) is 11.4 Å². The van der Waals surface area contributed by atoms with Crippen LogP contribution < -0.4 is 10.6 Å². The average molecular weight is 531 g/mol. The van der Waals surface area contributed by atoms with Gasteiger partial charge in [0.2, 0.25) is 5.82 Å². The molecule has 3 N–H and O–H groups in total. The highest BCUT2D eigenvalue weighted by molar-refractivity contribution is 14.0. The van der Waals surface area contributed by atoms with Crippen LogP contribution in [0.4, 0.5) is 4.79 Å². The van der Waals surface area contributed by atoms with E-state index in [4.69, 9.17) is 9.15 Å². The van der Waals surface area contributed by atoms with E-state index in [1.807, 2.05) is 20.8 Å². The number of hydrogen-bond donors (Lipinski definition) is 3. The number of halogens is 1. The van der Waals surface area contributed by atoms with Gasteiger partial charge in [0.05, 0.1) is 12.8 Å². The first-order chi connectivity index (χ1) is 13.8. The number of nitrogens with zero attached hydrogens (tertiary/aromatic N) is 4. The number of aromatic nitrogens is 3. The fraction of sp³-hybridized carbons (Fsp3) is 0.579. The van der Waals surface area contributed by atoms with Crippen LogP contribution in [-0.2, 0) is 11.3 Å². The second-order valence-electron chi connectivity index (χ2n) is 7.92. The van der Waals surface area contributed by atoms with Gasteiger partial charge in [0.15, 0.2) is 11.7 Å². The number of guanidine groups is 1. The summed E-state index contributed by atoms with van der Waals surface area (Å²) in [5.41, 5.74) is -0.499. The highest BCUT2D eigenvalue weighted by Gasteiger charge is 2.28. The Hall–Kier alpha value is -2.31. The van der Waals surface area contributed by atoms with Gasteiger partial charge in [0.25, 0.3) is 0 Å². The summed E-state index contributed by atoms with van der Waals surface area (Å²) in [4.78, 5) is 22.7. The number of amides is 1. The van der Waals surface area contributed by atoms with Crippen molar-refractivity contribution < 1.29 is 13.9 Å². The number of hydrogen-bond acceptors (Lipinski definition) is 6. The molecule has 166 valence electrons. The Balaban J connectivity index is 0.00000320. The van der Waals surface area contributed by atoms with E-state index in [2.05, 4.69) is 30.8 Å². The highest BCUT2D eigenvalue weighted by atomic mass is 127. The molecule has 0 spiro atoms. The van der Waals surface area contributed by atoms with E-state index < -0.39 is 5.60 Å². The minimum Gasteiger partial charge on any atom is -0.461 e. The third kappa shape index (κ3) is 6.89. The number of aromatic amines is 1. The van der Waals surface area contributed by atoms with Gasteiger partial charge < -0.3 is 24.7 Å². The minimum atomic E-state index is -0.499. The summed E-state index contributed by atoms with van der Waals surface area (Å²) < 4.78 is 10.8. The van der Waals surface area contributed by atoms with Crippen molar-refractivity contribution in [3.63, 3.8) is 0 Å². The Labute approximate surface area is 193 Å². The number of carbonyl (C=O) groups excluding carboxylic acids is 1. The number of nitrogens with one attached hydrogen (secondary N) is 3. The molecule has 1 saturated heterocycles. The van der Waals surface area contributed by atoms with Crippen LogP contribution in [0.15, 0.2) is 27.8 Å². The normalized spacial score (nSPS) is 17.3. The van der Waals surface area contributed by atoms with Crippen molar-refractivity contribution in [1.29, 1.82) is 0 Å². The summed E-state index contributed by atoms with van der Waals surface area (Å²) >= 11 is 0. The molecule has 0 bridgehead atoms. The lowest BCUT2D eigenvalue weighted by Gasteiger charge is -2.35. The lowest BCUT2D eigenvalue weighted by Crippen LogP contribution is -2.53. The van der Waals surface area contributed by atoms with Gasteiger partial charge in [-0.15, -0.1) is 29.1 Å². The molecule has 1 unspecified atom stereocenters. The fourth-order valence-corrected chi connectivity index (χ4v) is 3.03. The summed E-state index contributed by atoms with van der Waals surface area (Å²) in [6.07, 6.45) is 3.16. The summed E-state index contributed by atoms with van der Waals surface area (Å²) in [6.45, 7) is 7.31. The van der Waals surface area contributed by atoms with Crippen molar-refractivity contribution in [1.82, 2.24) is 30.7 Å². The third-order valence-electron chi connectivity index (χ3n) is 4.33. The summed E-state index contributed by atoms with van der Waals surface area (Å²) in [5.74, 6) is 2.42. The molecule has 3 rings (SSSR count). The van der Waals surface area contributed by atoms with Crippen LogP contribution >= 0.6 is 24.0 Å². The Bertz CT molecular complexity index is 830. The van der Waals surface area contributed by atoms with E-state index >= 15 is 0 Å². The molecule has 0 aromatic carbocycles. The molecular weight excluding hydrogens is 501 g/mol. The van der Waals surface area contributed by atoms with Gasteiger partial charge in [-0.1, -0.05) is 0 Å². The van der Waals surface area contributed by atoms with Crippen molar-refractivity contribution in [2.75, 3.05) is 20.1 Å². The maximum absolute atomic E-state index is 12.3. The molecule has 1 amide bonds. The number of aliphatic imine (C=N–C) groups is 1. The number of H-pyrrole nitrogens is 1. The van der Waals surface area contributed by atoms with Crippen molar-refractivity contribution in [3.05, 3.63) is 24.2 Å². The highest BCUT2D eigenvalue weighted by Crippen LogP contribution is 2.16. The van der Waals surface area contributed by atoms with Gasteiger partial charge in [-0.3, -0.25) is 10.1 Å².